The normalized spacial score (nSPS) is 16.3. The van der Waals surface area contributed by atoms with Gasteiger partial charge in [0.1, 0.15) is 0 Å². The molecule has 1 heteroatoms. The van der Waals surface area contributed by atoms with Gasteiger partial charge in [-0.3, -0.25) is 0 Å². The largest absolute Gasteiger partial charge is 0.305 e. The summed E-state index contributed by atoms with van der Waals surface area (Å²) in [4.78, 5) is 0. The van der Waals surface area contributed by atoms with Crippen LogP contribution in [0.3, 0.4) is 0 Å². The fraction of sp³-hybridized carbons (Fsp3) is 0.222. The van der Waals surface area contributed by atoms with Gasteiger partial charge in [-0.1, -0.05) is 30.4 Å². The first-order valence-corrected chi connectivity index (χ1v) is 3.39. The fourth-order valence-electron chi connectivity index (χ4n) is 0.829. The van der Waals surface area contributed by atoms with Crippen molar-refractivity contribution in [3.05, 3.63) is 36.0 Å². The van der Waals surface area contributed by atoms with Crippen LogP contribution >= 0.6 is 0 Å². The molecule has 0 spiro atoms. The third-order valence-corrected chi connectivity index (χ3v) is 1.41. The smallest absolute Gasteiger partial charge is 0.0355 e. The van der Waals surface area contributed by atoms with Crippen molar-refractivity contribution in [1.29, 1.82) is 5.41 Å². The molecule has 52 valence electrons. The van der Waals surface area contributed by atoms with E-state index in [9.17, 15) is 0 Å². The summed E-state index contributed by atoms with van der Waals surface area (Å²) in [5.41, 5.74) is 1.64. The van der Waals surface area contributed by atoms with Gasteiger partial charge in [0.05, 0.1) is 0 Å². The quantitative estimate of drug-likeness (QED) is 0.531. The maximum absolute atomic E-state index is 7.33. The molecule has 1 aliphatic rings. The average Bonchev–Trinajstić information content (AvgIpc) is 2.12. The molecule has 0 saturated heterocycles. The summed E-state index contributed by atoms with van der Waals surface area (Å²) >= 11 is 0. The molecule has 0 saturated carbocycles. The molecule has 0 unspecified atom stereocenters. The van der Waals surface area contributed by atoms with Gasteiger partial charge in [0.25, 0.3) is 0 Å². The lowest BCUT2D eigenvalue weighted by Crippen LogP contribution is -1.89. The van der Waals surface area contributed by atoms with Crippen LogP contribution in [0.2, 0.25) is 0 Å². The third-order valence-electron chi connectivity index (χ3n) is 1.41. The Bertz CT molecular complexity index is 219. The van der Waals surface area contributed by atoms with Gasteiger partial charge in [-0.15, -0.1) is 0 Å². The number of nitrogens with one attached hydrogen (secondary N) is 1. The molecule has 0 aromatic carbocycles. The zero-order valence-corrected chi connectivity index (χ0v) is 6.09. The maximum Gasteiger partial charge on any atom is 0.0355 e. The zero-order valence-electron chi connectivity index (χ0n) is 6.09. The molecule has 0 radical (unpaired) electrons. The highest BCUT2D eigenvalue weighted by atomic mass is 14.4. The Balaban J connectivity index is 2.83. The molecule has 0 heterocycles. The molecular formula is C9H11N. The van der Waals surface area contributed by atoms with Gasteiger partial charge in [0.15, 0.2) is 0 Å². The predicted octanol–water partition coefficient (Wildman–Crippen LogP) is 2.47. The Morgan fingerprint density at radius 3 is 3.00 bits per heavy atom. The average molecular weight is 133 g/mol. The van der Waals surface area contributed by atoms with E-state index in [-0.39, 0.29) is 0 Å². The summed E-state index contributed by atoms with van der Waals surface area (Å²) in [6, 6.07) is 0. The van der Waals surface area contributed by atoms with Crippen LogP contribution in [0, 0.1) is 5.41 Å². The second-order valence-electron chi connectivity index (χ2n) is 2.31. The molecule has 0 aromatic heterocycles. The maximum atomic E-state index is 7.33. The Kier molecular flexibility index (Phi) is 2.21. The molecule has 0 aromatic rings. The van der Waals surface area contributed by atoms with Gasteiger partial charge in [-0.2, -0.15) is 0 Å². The van der Waals surface area contributed by atoms with Crippen LogP contribution in [0.5, 0.6) is 0 Å². The minimum atomic E-state index is 0.628. The summed E-state index contributed by atoms with van der Waals surface area (Å²) < 4.78 is 0. The Morgan fingerprint density at radius 1 is 1.50 bits per heavy atom. The standard InChI is InChI=1S/C9H11N/c1-8(10)9-6-4-2-3-5-7-9/h2,4-7,10H,3H2,1H3. The molecule has 0 bridgehead atoms. The molecule has 10 heavy (non-hydrogen) atoms. The molecule has 1 aliphatic carbocycles. The van der Waals surface area contributed by atoms with Crippen LogP contribution in [0.15, 0.2) is 36.0 Å². The van der Waals surface area contributed by atoms with Crippen LogP contribution in [0.25, 0.3) is 0 Å². The van der Waals surface area contributed by atoms with Crippen molar-refractivity contribution in [2.24, 2.45) is 0 Å². The number of allylic oxidation sites excluding steroid dienone is 6. The van der Waals surface area contributed by atoms with Crippen molar-refractivity contribution in [2.45, 2.75) is 13.3 Å². The van der Waals surface area contributed by atoms with Gasteiger partial charge in [0.2, 0.25) is 0 Å². The highest BCUT2D eigenvalue weighted by Gasteiger charge is 1.93. The van der Waals surface area contributed by atoms with Gasteiger partial charge in [0, 0.05) is 5.71 Å². The predicted molar refractivity (Wildman–Crippen MR) is 44.4 cm³/mol. The molecular weight excluding hydrogens is 122 g/mol. The van der Waals surface area contributed by atoms with Crippen molar-refractivity contribution in [3.8, 4) is 0 Å². The second kappa shape index (κ2) is 3.16. The van der Waals surface area contributed by atoms with E-state index in [4.69, 9.17) is 5.41 Å². The summed E-state index contributed by atoms with van der Waals surface area (Å²) in [5.74, 6) is 0. The lowest BCUT2D eigenvalue weighted by atomic mass is 10.1. The minimum absolute atomic E-state index is 0.628. The summed E-state index contributed by atoms with van der Waals surface area (Å²) in [6.45, 7) is 1.80. The molecule has 1 N–H and O–H groups in total. The first kappa shape index (κ1) is 7.00. The highest BCUT2D eigenvalue weighted by Crippen LogP contribution is 2.04. The Labute approximate surface area is 61.3 Å². The van der Waals surface area contributed by atoms with E-state index in [1.165, 1.54) is 0 Å². The van der Waals surface area contributed by atoms with Crippen LogP contribution in [0.4, 0.5) is 0 Å². The second-order valence-corrected chi connectivity index (χ2v) is 2.31. The van der Waals surface area contributed by atoms with Crippen molar-refractivity contribution < 1.29 is 0 Å². The Morgan fingerprint density at radius 2 is 2.30 bits per heavy atom. The Hall–Kier alpha value is -1.11. The summed E-state index contributed by atoms with van der Waals surface area (Å²) in [7, 11) is 0. The minimum Gasteiger partial charge on any atom is -0.305 e. The van der Waals surface area contributed by atoms with Crippen molar-refractivity contribution >= 4 is 5.71 Å². The van der Waals surface area contributed by atoms with Crippen molar-refractivity contribution in [2.75, 3.05) is 0 Å². The van der Waals surface area contributed by atoms with Gasteiger partial charge in [-0.05, 0) is 18.9 Å². The lowest BCUT2D eigenvalue weighted by Gasteiger charge is -1.93. The van der Waals surface area contributed by atoms with E-state index in [0.29, 0.717) is 5.71 Å². The van der Waals surface area contributed by atoms with Crippen molar-refractivity contribution in [3.63, 3.8) is 0 Å². The van der Waals surface area contributed by atoms with E-state index in [1.807, 2.05) is 18.2 Å². The summed E-state index contributed by atoms with van der Waals surface area (Å²) in [6.07, 6.45) is 11.1. The molecule has 0 aliphatic heterocycles. The third kappa shape index (κ3) is 1.69. The van der Waals surface area contributed by atoms with Crippen LogP contribution in [-0.4, -0.2) is 5.71 Å². The molecule has 0 fully saturated rings. The molecule has 1 nitrogen and oxygen atoms in total. The number of hydrogen-bond acceptors (Lipinski definition) is 1. The number of hydrogen-bond donors (Lipinski definition) is 1. The monoisotopic (exact) mass is 133 g/mol. The van der Waals surface area contributed by atoms with E-state index < -0.39 is 0 Å². The van der Waals surface area contributed by atoms with Gasteiger partial charge < -0.3 is 5.41 Å². The summed E-state index contributed by atoms with van der Waals surface area (Å²) in [5, 5.41) is 7.33. The molecule has 1 rings (SSSR count). The molecule has 0 atom stereocenters. The van der Waals surface area contributed by atoms with Gasteiger partial charge in [-0.25, -0.2) is 0 Å². The van der Waals surface area contributed by atoms with E-state index in [0.717, 1.165) is 12.0 Å². The van der Waals surface area contributed by atoms with E-state index >= 15 is 0 Å². The van der Waals surface area contributed by atoms with Gasteiger partial charge >= 0.3 is 0 Å². The first-order valence-electron chi connectivity index (χ1n) is 3.39. The van der Waals surface area contributed by atoms with Crippen LogP contribution in [0.1, 0.15) is 13.3 Å². The van der Waals surface area contributed by atoms with E-state index in [1.54, 1.807) is 6.92 Å². The van der Waals surface area contributed by atoms with Crippen molar-refractivity contribution in [1.82, 2.24) is 0 Å². The van der Waals surface area contributed by atoms with Crippen LogP contribution < -0.4 is 0 Å². The van der Waals surface area contributed by atoms with Crippen LogP contribution in [-0.2, 0) is 0 Å². The first-order chi connectivity index (χ1) is 4.80. The number of rotatable bonds is 1. The van der Waals surface area contributed by atoms with E-state index in [2.05, 4.69) is 12.2 Å². The molecule has 0 amide bonds. The zero-order chi connectivity index (χ0) is 7.40. The SMILES string of the molecule is CC(=N)C1=CC=CCC=C1. The highest BCUT2D eigenvalue weighted by molar-refractivity contribution is 5.98. The fourth-order valence-corrected chi connectivity index (χ4v) is 0.829. The lowest BCUT2D eigenvalue weighted by molar-refractivity contribution is 1.40. The topological polar surface area (TPSA) is 23.9 Å².